The summed E-state index contributed by atoms with van der Waals surface area (Å²) in [6.07, 6.45) is 3.77. The van der Waals surface area contributed by atoms with Crippen LogP contribution in [0.15, 0.2) is 30.5 Å². The van der Waals surface area contributed by atoms with Crippen LogP contribution in [0.4, 0.5) is 4.79 Å². The molecular weight excluding hydrogens is 583 g/mol. The Hall–Kier alpha value is -2.53. The summed E-state index contributed by atoms with van der Waals surface area (Å²) in [7, 11) is 0. The molecule has 9 heteroatoms. The molecule has 1 fully saturated rings. The van der Waals surface area contributed by atoms with Crippen molar-refractivity contribution in [2.75, 3.05) is 26.2 Å². The van der Waals surface area contributed by atoms with Crippen molar-refractivity contribution in [1.82, 2.24) is 9.88 Å². The molecule has 0 bridgehead atoms. The Kier molecular flexibility index (Phi) is 8.23. The van der Waals surface area contributed by atoms with E-state index in [1.807, 2.05) is 46.9 Å². The molecule has 1 saturated carbocycles. The second-order valence-electron chi connectivity index (χ2n) is 11.0. The number of primary amides is 1. The minimum atomic E-state index is -0.537. The number of hydrogen-bond donors (Lipinski definition) is 1. The number of carbonyl (C=O) groups is 2. The maximum atomic E-state index is 12.6. The fraction of sp³-hybridized carbons (Fsp3) is 0.500. The van der Waals surface area contributed by atoms with Crippen molar-refractivity contribution in [2.24, 2.45) is 5.73 Å². The second-order valence-corrected chi connectivity index (χ2v) is 12.1. The van der Waals surface area contributed by atoms with E-state index in [2.05, 4.69) is 39.6 Å². The highest BCUT2D eigenvalue weighted by Gasteiger charge is 2.34. The van der Waals surface area contributed by atoms with Gasteiger partial charge >= 0.3 is 6.09 Å². The van der Waals surface area contributed by atoms with Gasteiger partial charge in [-0.3, -0.25) is 14.7 Å². The van der Waals surface area contributed by atoms with Gasteiger partial charge in [0.2, 0.25) is 5.91 Å². The molecule has 1 aromatic heterocycles. The van der Waals surface area contributed by atoms with Crippen molar-refractivity contribution in [3.63, 3.8) is 0 Å². The zero-order valence-electron chi connectivity index (χ0n) is 22.2. The number of rotatable bonds is 7. The summed E-state index contributed by atoms with van der Waals surface area (Å²) in [4.78, 5) is 31.5. The molecule has 2 aliphatic rings. The van der Waals surface area contributed by atoms with Crippen molar-refractivity contribution >= 4 is 40.3 Å². The van der Waals surface area contributed by atoms with Crippen LogP contribution in [0.5, 0.6) is 5.75 Å². The number of nitrogens with zero attached hydrogens (tertiary/aromatic N) is 3. The van der Waals surface area contributed by atoms with Gasteiger partial charge in [0.1, 0.15) is 11.4 Å². The van der Waals surface area contributed by atoms with Crippen molar-refractivity contribution in [2.45, 2.75) is 65.1 Å². The number of aryl methyl sites for hydroxylation is 1. The third kappa shape index (κ3) is 7.07. The Labute approximate surface area is 232 Å². The lowest BCUT2D eigenvalue weighted by molar-refractivity contribution is -0.458. The molecule has 37 heavy (non-hydrogen) atoms. The van der Waals surface area contributed by atoms with Gasteiger partial charge < -0.3 is 15.2 Å². The van der Waals surface area contributed by atoms with Gasteiger partial charge in [0.05, 0.1) is 22.4 Å². The summed E-state index contributed by atoms with van der Waals surface area (Å²) in [5.74, 6) is 0.864. The summed E-state index contributed by atoms with van der Waals surface area (Å²) < 4.78 is 14.7. The zero-order chi connectivity index (χ0) is 26.9. The highest BCUT2D eigenvalue weighted by molar-refractivity contribution is 14.1. The summed E-state index contributed by atoms with van der Waals surface area (Å²) >= 11 is 2.18. The maximum absolute atomic E-state index is 12.6. The van der Waals surface area contributed by atoms with Gasteiger partial charge in [-0.2, -0.15) is 4.79 Å². The SMILES string of the molecule is CC1=[N+](C(=O)OC(C)(C)C)CCN(C[C@@H](Oc2cc(C)c(C(N)=O)cc2I)c2ccc(C3CC3)cn2)C1. The van der Waals surface area contributed by atoms with Crippen molar-refractivity contribution < 1.29 is 23.6 Å². The molecule has 198 valence electrons. The first-order valence-corrected chi connectivity index (χ1v) is 13.8. The first kappa shape index (κ1) is 27.5. The van der Waals surface area contributed by atoms with E-state index in [4.69, 9.17) is 20.2 Å². The Morgan fingerprint density at radius 2 is 1.97 bits per heavy atom. The molecule has 0 saturated heterocycles. The van der Waals surface area contributed by atoms with E-state index in [1.165, 1.54) is 18.4 Å². The first-order valence-electron chi connectivity index (χ1n) is 12.7. The van der Waals surface area contributed by atoms with Crippen LogP contribution in [0.1, 0.15) is 79.7 Å². The van der Waals surface area contributed by atoms with Crippen LogP contribution in [0, 0.1) is 10.5 Å². The normalized spacial score (nSPS) is 17.5. The average Bonchev–Trinajstić information content (AvgIpc) is 3.65. The lowest BCUT2D eigenvalue weighted by atomic mass is 10.1. The van der Waals surface area contributed by atoms with Gasteiger partial charge in [-0.1, -0.05) is 6.07 Å². The van der Waals surface area contributed by atoms with Crippen LogP contribution in [0.3, 0.4) is 0 Å². The van der Waals surface area contributed by atoms with Gasteiger partial charge in [0.25, 0.3) is 0 Å². The van der Waals surface area contributed by atoms with Gasteiger partial charge in [0, 0.05) is 25.2 Å². The molecule has 2 heterocycles. The van der Waals surface area contributed by atoms with Gasteiger partial charge in [-0.25, -0.2) is 0 Å². The van der Waals surface area contributed by atoms with Crippen molar-refractivity contribution in [3.8, 4) is 5.75 Å². The van der Waals surface area contributed by atoms with E-state index in [1.54, 1.807) is 10.6 Å². The van der Waals surface area contributed by atoms with Crippen LogP contribution in [0.25, 0.3) is 0 Å². The summed E-state index contributed by atoms with van der Waals surface area (Å²) in [5, 5.41) is 0. The number of aromatic nitrogens is 1. The predicted molar refractivity (Wildman–Crippen MR) is 150 cm³/mol. The Balaban J connectivity index is 1.56. The lowest BCUT2D eigenvalue weighted by Crippen LogP contribution is -2.48. The van der Waals surface area contributed by atoms with Gasteiger partial charge in [-0.05, 0) is 98.4 Å². The smallest absolute Gasteiger partial charge is 0.482 e. The van der Waals surface area contributed by atoms with Gasteiger partial charge in [0.15, 0.2) is 18.4 Å². The predicted octanol–water partition coefficient (Wildman–Crippen LogP) is 4.82. The van der Waals surface area contributed by atoms with Gasteiger partial charge in [-0.15, -0.1) is 4.58 Å². The topological polar surface area (TPSA) is 97.8 Å². The molecule has 1 aliphatic heterocycles. The lowest BCUT2D eigenvalue weighted by Gasteiger charge is -2.29. The Bertz CT molecular complexity index is 1220. The van der Waals surface area contributed by atoms with E-state index in [9.17, 15) is 9.59 Å². The molecule has 4 rings (SSSR count). The Morgan fingerprint density at radius 3 is 2.54 bits per heavy atom. The number of carbonyl (C=O) groups excluding carboxylic acids is 2. The summed E-state index contributed by atoms with van der Waals surface area (Å²) in [6.45, 7) is 11.9. The summed E-state index contributed by atoms with van der Waals surface area (Å²) in [5.41, 5.74) is 9.32. The molecular formula is C28H36IN4O4+. The maximum Gasteiger partial charge on any atom is 0.596 e. The monoisotopic (exact) mass is 619 g/mol. The first-order chi connectivity index (χ1) is 17.4. The number of hydrogen-bond acceptors (Lipinski definition) is 6. The zero-order valence-corrected chi connectivity index (χ0v) is 24.4. The Morgan fingerprint density at radius 1 is 1.24 bits per heavy atom. The molecule has 0 radical (unpaired) electrons. The highest BCUT2D eigenvalue weighted by Crippen LogP contribution is 2.40. The van der Waals surface area contributed by atoms with Crippen LogP contribution < -0.4 is 10.5 Å². The standard InChI is InChI=1S/C28H35IN4O4/c1-17-12-24(22(29)13-21(17)26(30)34)36-25(23-9-8-20(14-31-23)19-6-7-19)16-32-10-11-33(18(2)15-32)27(35)37-28(3,4)5/h8-9,12-14,19,25H,6-7,10-11,15-16H2,1-5H3,(H-,30,34)/p+1/t25-/m1/s1. The number of amides is 2. The average molecular weight is 620 g/mol. The van der Waals surface area contributed by atoms with E-state index in [0.717, 1.165) is 20.5 Å². The largest absolute Gasteiger partial charge is 0.596 e. The van der Waals surface area contributed by atoms with Crippen molar-refractivity contribution in [3.05, 3.63) is 56.4 Å². The quantitative estimate of drug-likeness (QED) is 0.353. The molecule has 1 atom stereocenters. The number of ether oxygens (including phenoxy) is 2. The molecule has 0 unspecified atom stereocenters. The fourth-order valence-corrected chi connectivity index (χ4v) is 5.09. The van der Waals surface area contributed by atoms with E-state index >= 15 is 0 Å². The molecule has 1 aliphatic carbocycles. The third-order valence-corrected chi connectivity index (χ3v) is 7.44. The number of pyridine rings is 1. The second kappa shape index (κ2) is 11.1. The molecule has 2 aromatic rings. The number of halogens is 1. The molecule has 2 N–H and O–H groups in total. The van der Waals surface area contributed by atoms with Crippen LogP contribution in [0.2, 0.25) is 0 Å². The van der Waals surface area contributed by atoms with Crippen LogP contribution in [-0.2, 0) is 4.74 Å². The highest BCUT2D eigenvalue weighted by atomic mass is 127. The van der Waals surface area contributed by atoms with E-state index in [-0.39, 0.29) is 12.2 Å². The minimum Gasteiger partial charge on any atom is -0.482 e. The number of nitrogens with two attached hydrogens (primary N) is 1. The molecule has 0 spiro atoms. The van der Waals surface area contributed by atoms with E-state index in [0.29, 0.717) is 43.4 Å². The fourth-order valence-electron chi connectivity index (χ4n) is 4.50. The molecule has 2 amide bonds. The minimum absolute atomic E-state index is 0.311. The molecule has 8 nitrogen and oxygen atoms in total. The molecule has 1 aromatic carbocycles. The third-order valence-electron chi connectivity index (χ3n) is 6.59. The summed E-state index contributed by atoms with van der Waals surface area (Å²) in [6, 6.07) is 7.85. The number of benzene rings is 1. The van der Waals surface area contributed by atoms with Crippen LogP contribution in [-0.4, -0.2) is 64.0 Å². The van der Waals surface area contributed by atoms with E-state index < -0.39 is 11.5 Å². The van der Waals surface area contributed by atoms with Crippen LogP contribution >= 0.6 is 22.6 Å². The van der Waals surface area contributed by atoms with Crippen molar-refractivity contribution in [1.29, 1.82) is 0 Å².